The van der Waals surface area contributed by atoms with Crippen LogP contribution in [-0.2, 0) is 6.42 Å². The first-order chi connectivity index (χ1) is 17.7. The van der Waals surface area contributed by atoms with Crippen LogP contribution in [0.15, 0.2) is 67.6 Å². The number of hydrogen-bond acceptors (Lipinski definition) is 7. The Morgan fingerprint density at radius 1 is 0.861 bits per heavy atom. The topological polar surface area (TPSA) is 112 Å². The van der Waals surface area contributed by atoms with Crippen molar-refractivity contribution < 1.29 is 0 Å². The molecule has 0 aromatic carbocycles. The predicted octanol–water partition coefficient (Wildman–Crippen LogP) is 4.51. The Kier molecular flexibility index (Phi) is 5.67. The van der Waals surface area contributed by atoms with Crippen LogP contribution in [0.3, 0.4) is 0 Å². The van der Waals surface area contributed by atoms with Gasteiger partial charge in [-0.1, -0.05) is 0 Å². The van der Waals surface area contributed by atoms with E-state index < -0.39 is 0 Å². The van der Waals surface area contributed by atoms with Crippen LogP contribution in [0.5, 0.6) is 0 Å². The number of imidazole rings is 1. The summed E-state index contributed by atoms with van der Waals surface area (Å²) < 4.78 is 0. The molecule has 0 saturated carbocycles. The first-order valence-electron chi connectivity index (χ1n) is 11.8. The van der Waals surface area contributed by atoms with Crippen LogP contribution in [0.25, 0.3) is 55.8 Å². The average molecular weight is 476 g/mol. The van der Waals surface area contributed by atoms with Gasteiger partial charge >= 0.3 is 0 Å². The van der Waals surface area contributed by atoms with Crippen LogP contribution >= 0.6 is 0 Å². The largest absolute Gasteiger partial charge is 0.335 e. The number of aromatic amines is 2. The maximum absolute atomic E-state index is 4.91. The summed E-state index contributed by atoms with van der Waals surface area (Å²) >= 11 is 0. The molecular formula is C27H25N9. The predicted molar refractivity (Wildman–Crippen MR) is 140 cm³/mol. The highest BCUT2D eigenvalue weighted by Crippen LogP contribution is 2.31. The Bertz CT molecular complexity index is 1650. The molecule has 0 radical (unpaired) electrons. The Morgan fingerprint density at radius 2 is 1.72 bits per heavy atom. The van der Waals surface area contributed by atoms with Gasteiger partial charge < -0.3 is 9.88 Å². The number of nitrogens with zero attached hydrogens (tertiary/aromatic N) is 7. The summed E-state index contributed by atoms with van der Waals surface area (Å²) in [4.78, 5) is 28.1. The first-order valence-corrected chi connectivity index (χ1v) is 11.8. The van der Waals surface area contributed by atoms with Crippen LogP contribution in [0.4, 0.5) is 0 Å². The second-order valence-electron chi connectivity index (χ2n) is 9.08. The van der Waals surface area contributed by atoms with E-state index in [0.717, 1.165) is 69.4 Å². The molecule has 6 heterocycles. The van der Waals surface area contributed by atoms with E-state index in [2.05, 4.69) is 60.2 Å². The zero-order chi connectivity index (χ0) is 24.5. The highest BCUT2D eigenvalue weighted by molar-refractivity contribution is 5.97. The molecular weight excluding hydrogens is 450 g/mol. The number of fused-ring (bicyclic) bond motifs is 2. The van der Waals surface area contributed by atoms with E-state index in [1.165, 1.54) is 5.56 Å². The number of pyridine rings is 4. The van der Waals surface area contributed by atoms with E-state index in [1.54, 1.807) is 18.6 Å². The van der Waals surface area contributed by atoms with E-state index in [9.17, 15) is 0 Å². The standard InChI is InChI=1S/C27H25N9/c1-36(2)9-3-4-17-10-19(13-29-12-17)22-11-20-23(16-31-22)34-35-26(20)27-32-24-15-30-14-21(25(24)33-27)18-5-7-28-8-6-18/h5-8,10-16H,3-4,9H2,1-2H3,(H,32,33)(H,34,35). The van der Waals surface area contributed by atoms with Gasteiger partial charge in [-0.3, -0.25) is 25.0 Å². The molecule has 9 heteroatoms. The molecule has 6 aromatic heterocycles. The van der Waals surface area contributed by atoms with Crippen LogP contribution in [0.2, 0.25) is 0 Å². The lowest BCUT2D eigenvalue weighted by Crippen LogP contribution is -2.13. The summed E-state index contributed by atoms with van der Waals surface area (Å²) in [6.45, 7) is 1.04. The molecule has 0 saturated heterocycles. The molecule has 0 unspecified atom stereocenters. The molecule has 0 spiro atoms. The normalized spacial score (nSPS) is 11.6. The third-order valence-corrected chi connectivity index (χ3v) is 6.22. The van der Waals surface area contributed by atoms with Gasteiger partial charge in [0.15, 0.2) is 5.82 Å². The van der Waals surface area contributed by atoms with Crippen molar-refractivity contribution >= 4 is 21.9 Å². The Balaban J connectivity index is 1.38. The van der Waals surface area contributed by atoms with Crippen LogP contribution in [-0.4, -0.2) is 65.6 Å². The maximum Gasteiger partial charge on any atom is 0.159 e. The summed E-state index contributed by atoms with van der Waals surface area (Å²) in [5, 5.41) is 8.59. The van der Waals surface area contributed by atoms with E-state index in [0.29, 0.717) is 5.82 Å². The van der Waals surface area contributed by atoms with E-state index in [-0.39, 0.29) is 0 Å². The summed E-state index contributed by atoms with van der Waals surface area (Å²) in [6.07, 6.45) is 14.8. The molecule has 9 nitrogen and oxygen atoms in total. The minimum absolute atomic E-state index is 0.673. The molecule has 0 atom stereocenters. The van der Waals surface area contributed by atoms with Crippen molar-refractivity contribution in [1.29, 1.82) is 0 Å². The highest BCUT2D eigenvalue weighted by Gasteiger charge is 2.16. The van der Waals surface area contributed by atoms with Gasteiger partial charge in [-0.25, -0.2) is 4.98 Å². The first kappa shape index (κ1) is 22.0. The third-order valence-electron chi connectivity index (χ3n) is 6.22. The number of aromatic nitrogens is 8. The van der Waals surface area contributed by atoms with E-state index >= 15 is 0 Å². The lowest BCUT2D eigenvalue weighted by molar-refractivity contribution is 0.400. The lowest BCUT2D eigenvalue weighted by atomic mass is 10.1. The van der Waals surface area contributed by atoms with Gasteiger partial charge in [0.05, 0.1) is 34.6 Å². The monoisotopic (exact) mass is 475 g/mol. The zero-order valence-electron chi connectivity index (χ0n) is 20.1. The number of nitrogens with one attached hydrogen (secondary N) is 2. The fourth-order valence-electron chi connectivity index (χ4n) is 4.41. The average Bonchev–Trinajstić information content (AvgIpc) is 3.53. The number of rotatable bonds is 7. The quantitative estimate of drug-likeness (QED) is 0.349. The van der Waals surface area contributed by atoms with Gasteiger partial charge in [-0.15, -0.1) is 0 Å². The summed E-state index contributed by atoms with van der Waals surface area (Å²) in [6, 6.07) is 8.12. The molecule has 0 aliphatic rings. The van der Waals surface area contributed by atoms with Crippen molar-refractivity contribution in [2.24, 2.45) is 0 Å². The van der Waals surface area contributed by atoms with Crippen LogP contribution in [0, 0.1) is 0 Å². The fraction of sp³-hybridized carbons (Fsp3) is 0.185. The summed E-state index contributed by atoms with van der Waals surface area (Å²) in [5.74, 6) is 0.673. The molecule has 0 fully saturated rings. The molecule has 6 rings (SSSR count). The molecule has 178 valence electrons. The van der Waals surface area contributed by atoms with Crippen molar-refractivity contribution in [2.75, 3.05) is 20.6 Å². The Hall–Kier alpha value is -4.50. The van der Waals surface area contributed by atoms with Crippen LogP contribution < -0.4 is 0 Å². The number of aryl methyl sites for hydroxylation is 1. The van der Waals surface area contributed by atoms with Gasteiger partial charge in [0.1, 0.15) is 5.69 Å². The lowest BCUT2D eigenvalue weighted by Gasteiger charge is -2.09. The fourth-order valence-corrected chi connectivity index (χ4v) is 4.41. The zero-order valence-corrected chi connectivity index (χ0v) is 20.1. The molecule has 2 N–H and O–H groups in total. The molecule has 0 aliphatic heterocycles. The van der Waals surface area contributed by atoms with Crippen molar-refractivity contribution in [2.45, 2.75) is 12.8 Å². The maximum atomic E-state index is 4.91. The van der Waals surface area contributed by atoms with E-state index in [1.807, 2.05) is 43.0 Å². The summed E-state index contributed by atoms with van der Waals surface area (Å²) in [5.41, 5.74) is 8.26. The summed E-state index contributed by atoms with van der Waals surface area (Å²) in [7, 11) is 4.18. The molecule has 0 bridgehead atoms. The highest BCUT2D eigenvalue weighted by atomic mass is 15.1. The SMILES string of the molecule is CN(C)CCCc1cncc(-c2cc3c(-c4nc5c(-c6ccncc6)cncc5[nH]4)n[nH]c3cn2)c1. The number of hydrogen-bond donors (Lipinski definition) is 2. The minimum Gasteiger partial charge on any atom is -0.335 e. The van der Waals surface area contributed by atoms with Crippen molar-refractivity contribution in [3.8, 4) is 33.9 Å². The minimum atomic E-state index is 0.673. The Morgan fingerprint density at radius 3 is 2.58 bits per heavy atom. The molecule has 36 heavy (non-hydrogen) atoms. The van der Waals surface area contributed by atoms with Gasteiger partial charge in [-0.05, 0) is 68.9 Å². The van der Waals surface area contributed by atoms with Gasteiger partial charge in [-0.2, -0.15) is 5.10 Å². The second-order valence-corrected chi connectivity index (χ2v) is 9.08. The number of H-pyrrole nitrogens is 2. The molecule has 0 amide bonds. The Labute approximate surface area is 207 Å². The molecule has 6 aromatic rings. The smallest absolute Gasteiger partial charge is 0.159 e. The van der Waals surface area contributed by atoms with Crippen molar-refractivity contribution in [3.63, 3.8) is 0 Å². The van der Waals surface area contributed by atoms with E-state index in [4.69, 9.17) is 4.98 Å². The third kappa shape index (κ3) is 4.20. The van der Waals surface area contributed by atoms with Crippen LogP contribution in [0.1, 0.15) is 12.0 Å². The van der Waals surface area contributed by atoms with Crippen molar-refractivity contribution in [3.05, 3.63) is 73.2 Å². The van der Waals surface area contributed by atoms with Crippen molar-refractivity contribution in [1.82, 2.24) is 45.0 Å². The second kappa shape index (κ2) is 9.27. The molecule has 0 aliphatic carbocycles. The van der Waals surface area contributed by atoms with Gasteiger partial charge in [0.2, 0.25) is 0 Å². The van der Waals surface area contributed by atoms with Gasteiger partial charge in [0, 0.05) is 47.5 Å². The van der Waals surface area contributed by atoms with Gasteiger partial charge in [0.25, 0.3) is 0 Å².